The lowest BCUT2D eigenvalue weighted by atomic mass is 9.97. The number of nitrogens with zero attached hydrogens (tertiary/aromatic N) is 3. The van der Waals surface area contributed by atoms with Crippen LogP contribution in [0.25, 0.3) is 0 Å². The molecule has 3 fully saturated rings. The Morgan fingerprint density at radius 1 is 1.14 bits per heavy atom. The molecule has 8 nitrogen and oxygen atoms in total. The molecule has 0 unspecified atom stereocenters. The number of hydrogen-bond donors (Lipinski definition) is 1. The van der Waals surface area contributed by atoms with Gasteiger partial charge in [-0.05, 0) is 62.6 Å². The van der Waals surface area contributed by atoms with E-state index in [9.17, 15) is 14.4 Å². The fourth-order valence-electron chi connectivity index (χ4n) is 6.15. The van der Waals surface area contributed by atoms with Gasteiger partial charge in [0.2, 0.25) is 5.91 Å². The zero-order valence-corrected chi connectivity index (χ0v) is 21.4. The van der Waals surface area contributed by atoms with E-state index in [1.807, 2.05) is 24.3 Å². The van der Waals surface area contributed by atoms with E-state index in [1.165, 1.54) is 0 Å². The maximum Gasteiger partial charge on any atom is 0.252 e. The van der Waals surface area contributed by atoms with Gasteiger partial charge in [-0.3, -0.25) is 14.4 Å². The van der Waals surface area contributed by atoms with Crippen molar-refractivity contribution in [3.63, 3.8) is 0 Å². The van der Waals surface area contributed by atoms with E-state index >= 15 is 0 Å². The van der Waals surface area contributed by atoms with Gasteiger partial charge in [0, 0.05) is 49.9 Å². The Labute approximate surface area is 213 Å². The highest BCUT2D eigenvalue weighted by atomic mass is 16.5. The zero-order chi connectivity index (χ0) is 25.2. The van der Waals surface area contributed by atoms with Gasteiger partial charge in [0.15, 0.2) is 5.78 Å². The highest BCUT2D eigenvalue weighted by Crippen LogP contribution is 2.35. The standard InChI is InChI=1S/C28H38N4O4/c1-3-6-21-17-32(25-23(33)18-36-26(21)25)28(35)24(19-7-4-5-8-19)29-27(34)20-9-11-22(12-10-20)31-15-13-30(2)14-16-31/h7,9-12,21,24-26H,3-6,8,13-18H2,1-2H3,(H,29,34)/t21-,24+,25-,26-/m1/s1. The van der Waals surface area contributed by atoms with Gasteiger partial charge in [0.25, 0.3) is 5.91 Å². The molecule has 4 atom stereocenters. The third kappa shape index (κ3) is 4.93. The van der Waals surface area contributed by atoms with Crippen molar-refractivity contribution in [1.29, 1.82) is 0 Å². The van der Waals surface area contributed by atoms with Crippen LogP contribution in [0.2, 0.25) is 0 Å². The topological polar surface area (TPSA) is 82.2 Å². The molecule has 0 spiro atoms. The minimum absolute atomic E-state index is 0.0306. The van der Waals surface area contributed by atoms with Gasteiger partial charge < -0.3 is 24.8 Å². The first-order valence-corrected chi connectivity index (χ1v) is 13.4. The highest BCUT2D eigenvalue weighted by molar-refractivity contribution is 6.00. The third-order valence-electron chi connectivity index (χ3n) is 8.20. The van der Waals surface area contributed by atoms with Gasteiger partial charge >= 0.3 is 0 Å². The van der Waals surface area contributed by atoms with Crippen molar-refractivity contribution in [2.24, 2.45) is 5.92 Å². The Bertz CT molecular complexity index is 1010. The largest absolute Gasteiger partial charge is 0.369 e. The molecular weight excluding hydrogens is 456 g/mol. The Morgan fingerprint density at radius 3 is 2.56 bits per heavy atom. The number of likely N-dealkylation sites (tertiary alicyclic amines) is 1. The number of nitrogens with one attached hydrogen (secondary N) is 1. The average molecular weight is 495 g/mol. The van der Waals surface area contributed by atoms with Crippen molar-refractivity contribution in [2.45, 2.75) is 57.2 Å². The van der Waals surface area contributed by atoms with E-state index < -0.39 is 12.1 Å². The van der Waals surface area contributed by atoms with Gasteiger partial charge in [0.05, 0.1) is 6.10 Å². The molecule has 0 saturated carbocycles. The molecule has 0 radical (unpaired) electrons. The first-order valence-electron chi connectivity index (χ1n) is 13.4. The maximum absolute atomic E-state index is 13.9. The van der Waals surface area contributed by atoms with E-state index in [0.29, 0.717) is 12.1 Å². The predicted octanol–water partition coefficient (Wildman–Crippen LogP) is 2.24. The quantitative estimate of drug-likeness (QED) is 0.586. The fourth-order valence-corrected chi connectivity index (χ4v) is 6.15. The first kappa shape index (κ1) is 25.0. The second-order valence-corrected chi connectivity index (χ2v) is 10.6. The summed E-state index contributed by atoms with van der Waals surface area (Å²) in [7, 11) is 2.13. The van der Waals surface area contributed by atoms with Gasteiger partial charge in [-0.25, -0.2) is 0 Å². The van der Waals surface area contributed by atoms with E-state index in [-0.39, 0.29) is 36.2 Å². The van der Waals surface area contributed by atoms with Crippen LogP contribution in [-0.2, 0) is 14.3 Å². The Kier molecular flexibility index (Phi) is 7.44. The molecule has 1 N–H and O–H groups in total. The number of piperazine rings is 1. The number of Topliss-reactive ketones (excluding diaryl/α,β-unsaturated/α-hetero) is 1. The molecule has 1 aromatic carbocycles. The molecule has 0 bridgehead atoms. The number of carbonyl (C=O) groups is 3. The molecule has 1 aliphatic carbocycles. The number of hydrogen-bond acceptors (Lipinski definition) is 6. The number of amides is 2. The minimum Gasteiger partial charge on any atom is -0.369 e. The number of fused-ring (bicyclic) bond motifs is 1. The van der Waals surface area contributed by atoms with Crippen molar-refractivity contribution in [1.82, 2.24) is 15.1 Å². The van der Waals surface area contributed by atoms with Gasteiger partial charge in [-0.2, -0.15) is 0 Å². The highest BCUT2D eigenvalue weighted by Gasteiger charge is 2.52. The monoisotopic (exact) mass is 494 g/mol. The summed E-state index contributed by atoms with van der Waals surface area (Å²) in [6.45, 7) is 6.65. The lowest BCUT2D eigenvalue weighted by Gasteiger charge is -2.34. The molecule has 194 valence electrons. The van der Waals surface area contributed by atoms with Crippen LogP contribution in [0.4, 0.5) is 5.69 Å². The molecule has 3 aliphatic heterocycles. The van der Waals surface area contributed by atoms with Crippen molar-refractivity contribution < 1.29 is 19.1 Å². The molecule has 5 rings (SSSR count). The number of ketones is 1. The van der Waals surface area contributed by atoms with Crippen molar-refractivity contribution in [2.75, 3.05) is 51.3 Å². The number of benzene rings is 1. The van der Waals surface area contributed by atoms with Crippen LogP contribution < -0.4 is 10.2 Å². The summed E-state index contributed by atoms with van der Waals surface area (Å²) in [5.41, 5.74) is 2.59. The number of carbonyl (C=O) groups excluding carboxylic acids is 3. The van der Waals surface area contributed by atoms with Crippen molar-refractivity contribution >= 4 is 23.3 Å². The fraction of sp³-hybridized carbons (Fsp3) is 0.607. The SMILES string of the molecule is CCC[C@@H]1CN(C(=O)[C@@H](NC(=O)c2ccc(N3CCN(C)CC3)cc2)C2=CCCC2)[C@@H]2C(=O)CO[C@H]12. The predicted molar refractivity (Wildman–Crippen MR) is 138 cm³/mol. The summed E-state index contributed by atoms with van der Waals surface area (Å²) >= 11 is 0. The van der Waals surface area contributed by atoms with E-state index in [1.54, 1.807) is 4.90 Å². The zero-order valence-electron chi connectivity index (χ0n) is 21.4. The molecule has 36 heavy (non-hydrogen) atoms. The van der Waals surface area contributed by atoms with Crippen LogP contribution in [0.3, 0.4) is 0 Å². The van der Waals surface area contributed by atoms with Crippen molar-refractivity contribution in [3.05, 3.63) is 41.5 Å². The molecule has 1 aromatic rings. The Balaban J connectivity index is 1.31. The Morgan fingerprint density at radius 2 is 1.89 bits per heavy atom. The second kappa shape index (κ2) is 10.7. The number of rotatable bonds is 7. The summed E-state index contributed by atoms with van der Waals surface area (Å²) in [6, 6.07) is 6.38. The minimum atomic E-state index is -0.744. The van der Waals surface area contributed by atoms with E-state index in [2.05, 4.69) is 35.2 Å². The molecule has 4 aliphatic rings. The number of likely N-dealkylation sites (N-methyl/N-ethyl adjacent to an activating group) is 1. The maximum atomic E-state index is 13.9. The van der Waals surface area contributed by atoms with Crippen LogP contribution in [0.1, 0.15) is 49.4 Å². The molecule has 8 heteroatoms. The molecule has 3 saturated heterocycles. The summed E-state index contributed by atoms with van der Waals surface area (Å²) < 4.78 is 5.81. The van der Waals surface area contributed by atoms with E-state index in [4.69, 9.17) is 4.74 Å². The van der Waals surface area contributed by atoms with E-state index in [0.717, 1.165) is 69.5 Å². The van der Waals surface area contributed by atoms with Crippen LogP contribution >= 0.6 is 0 Å². The molecular formula is C28H38N4O4. The second-order valence-electron chi connectivity index (χ2n) is 10.6. The smallest absolute Gasteiger partial charge is 0.252 e. The van der Waals surface area contributed by atoms with Gasteiger partial charge in [-0.15, -0.1) is 0 Å². The Hall–Kier alpha value is -2.71. The summed E-state index contributed by atoms with van der Waals surface area (Å²) in [6.07, 6.45) is 6.40. The normalized spacial score (nSPS) is 27.2. The average Bonchev–Trinajstić information content (AvgIpc) is 3.63. The number of anilines is 1. The van der Waals surface area contributed by atoms with Crippen LogP contribution in [0.5, 0.6) is 0 Å². The third-order valence-corrected chi connectivity index (χ3v) is 8.20. The molecule has 2 amide bonds. The van der Waals surface area contributed by atoms with Crippen molar-refractivity contribution in [3.8, 4) is 0 Å². The van der Waals surface area contributed by atoms with Gasteiger partial charge in [-0.1, -0.05) is 19.4 Å². The first-order chi connectivity index (χ1) is 17.5. The molecule has 3 heterocycles. The summed E-state index contributed by atoms with van der Waals surface area (Å²) in [5.74, 6) is -0.317. The number of ether oxygens (including phenoxy) is 1. The van der Waals surface area contributed by atoms with Crippen LogP contribution in [0.15, 0.2) is 35.9 Å². The lowest BCUT2D eigenvalue weighted by molar-refractivity contribution is -0.137. The molecule has 0 aromatic heterocycles. The van der Waals surface area contributed by atoms with Crippen LogP contribution in [-0.4, -0.2) is 92.0 Å². The van der Waals surface area contributed by atoms with Gasteiger partial charge in [0.1, 0.15) is 18.7 Å². The number of allylic oxidation sites excluding steroid dienone is 1. The summed E-state index contributed by atoms with van der Waals surface area (Å²) in [5, 5.41) is 3.03. The van der Waals surface area contributed by atoms with Crippen LogP contribution in [0, 0.1) is 5.92 Å². The summed E-state index contributed by atoms with van der Waals surface area (Å²) in [4.78, 5) is 46.2. The lowest BCUT2D eigenvalue weighted by Crippen LogP contribution is -2.52.